The van der Waals surface area contributed by atoms with Gasteiger partial charge >= 0.3 is 0 Å². The first-order valence-corrected chi connectivity index (χ1v) is 5.96. The Balaban J connectivity index is 2.18. The highest BCUT2D eigenvalue weighted by Crippen LogP contribution is 2.21. The highest BCUT2D eigenvalue weighted by molar-refractivity contribution is 6.30. The minimum absolute atomic E-state index is 0.0347. The molecular weight excluding hydrogens is 290 g/mol. The summed E-state index contributed by atoms with van der Waals surface area (Å²) in [5.74, 6) is -1.21. The van der Waals surface area contributed by atoms with Crippen LogP contribution in [0, 0.1) is 21.7 Å². The van der Waals surface area contributed by atoms with Crippen molar-refractivity contribution in [2.75, 3.05) is 5.32 Å². The number of nitro benzene ring substituents is 1. The van der Waals surface area contributed by atoms with Crippen molar-refractivity contribution in [2.24, 2.45) is 0 Å². The fraction of sp³-hybridized carbons (Fsp3) is 0.0769. The summed E-state index contributed by atoms with van der Waals surface area (Å²) in [6, 6.07) is 7.13. The van der Waals surface area contributed by atoms with E-state index >= 15 is 0 Å². The van der Waals surface area contributed by atoms with Gasteiger partial charge < -0.3 is 5.32 Å². The molecule has 104 valence electrons. The Morgan fingerprint density at radius 2 is 1.95 bits per heavy atom. The Labute approximate surface area is 118 Å². The molecule has 0 saturated carbocycles. The molecule has 1 N–H and O–H groups in total. The number of hydrogen-bond donors (Lipinski definition) is 1. The summed E-state index contributed by atoms with van der Waals surface area (Å²) in [6.45, 7) is 0.0347. The number of non-ortho nitro benzene ring substituents is 1. The van der Waals surface area contributed by atoms with Gasteiger partial charge in [0.1, 0.15) is 11.6 Å². The normalized spacial score (nSPS) is 10.3. The molecule has 4 nitrogen and oxygen atoms in total. The molecule has 0 aromatic heterocycles. The lowest BCUT2D eigenvalue weighted by Crippen LogP contribution is -2.03. The number of hydrogen-bond acceptors (Lipinski definition) is 3. The Bertz CT molecular complexity index is 665. The van der Waals surface area contributed by atoms with Crippen LogP contribution in [0.1, 0.15) is 5.56 Å². The Morgan fingerprint density at radius 1 is 1.20 bits per heavy atom. The van der Waals surface area contributed by atoms with Crippen LogP contribution >= 0.6 is 11.6 Å². The maximum absolute atomic E-state index is 13.5. The lowest BCUT2D eigenvalue weighted by atomic mass is 10.2. The smallest absolute Gasteiger partial charge is 0.274 e. The fourth-order valence-electron chi connectivity index (χ4n) is 1.66. The molecule has 0 bridgehead atoms. The molecule has 0 spiro atoms. The minimum Gasteiger partial charge on any atom is -0.381 e. The molecule has 0 aliphatic carbocycles. The van der Waals surface area contributed by atoms with E-state index in [1.54, 1.807) is 0 Å². The Hall–Kier alpha value is -2.21. The van der Waals surface area contributed by atoms with Gasteiger partial charge in [-0.15, -0.1) is 0 Å². The van der Waals surface area contributed by atoms with Crippen LogP contribution in [0.3, 0.4) is 0 Å². The third-order valence-electron chi connectivity index (χ3n) is 2.58. The van der Waals surface area contributed by atoms with Gasteiger partial charge in [-0.1, -0.05) is 11.6 Å². The lowest BCUT2D eigenvalue weighted by Gasteiger charge is -2.08. The van der Waals surface area contributed by atoms with Crippen molar-refractivity contribution in [2.45, 2.75) is 6.54 Å². The van der Waals surface area contributed by atoms with E-state index < -0.39 is 16.6 Å². The molecule has 0 radical (unpaired) electrons. The molecule has 0 amide bonds. The van der Waals surface area contributed by atoms with Gasteiger partial charge in [0, 0.05) is 28.9 Å². The largest absolute Gasteiger partial charge is 0.381 e. The predicted octanol–water partition coefficient (Wildman–Crippen LogP) is 4.14. The number of halogens is 3. The fourth-order valence-corrected chi connectivity index (χ4v) is 1.85. The molecular formula is C13H9ClF2N2O2. The molecule has 2 rings (SSSR count). The first-order valence-electron chi connectivity index (χ1n) is 5.58. The Morgan fingerprint density at radius 3 is 2.65 bits per heavy atom. The van der Waals surface area contributed by atoms with E-state index in [9.17, 15) is 18.9 Å². The van der Waals surface area contributed by atoms with E-state index in [-0.39, 0.29) is 23.5 Å². The molecule has 7 heteroatoms. The molecule has 0 saturated heterocycles. The van der Waals surface area contributed by atoms with E-state index in [1.807, 2.05) is 0 Å². The van der Waals surface area contributed by atoms with Crippen LogP contribution in [0.2, 0.25) is 5.02 Å². The Kier molecular flexibility index (Phi) is 4.14. The van der Waals surface area contributed by atoms with E-state index in [1.165, 1.54) is 24.3 Å². The van der Waals surface area contributed by atoms with Gasteiger partial charge in [0.05, 0.1) is 11.0 Å². The molecule has 0 atom stereocenters. The van der Waals surface area contributed by atoms with Gasteiger partial charge in [-0.05, 0) is 24.3 Å². The van der Waals surface area contributed by atoms with Crippen molar-refractivity contribution >= 4 is 23.0 Å². The maximum atomic E-state index is 13.5. The number of anilines is 1. The zero-order valence-corrected chi connectivity index (χ0v) is 10.8. The summed E-state index contributed by atoms with van der Waals surface area (Å²) in [7, 11) is 0. The van der Waals surface area contributed by atoms with Gasteiger partial charge in [0.15, 0.2) is 0 Å². The SMILES string of the molecule is O=[N+]([O-])c1cc(F)cc(NCc2cc(Cl)ccc2F)c1. The van der Waals surface area contributed by atoms with Crippen molar-refractivity contribution in [3.63, 3.8) is 0 Å². The topological polar surface area (TPSA) is 55.2 Å². The molecule has 0 heterocycles. The van der Waals surface area contributed by atoms with E-state index in [4.69, 9.17) is 11.6 Å². The summed E-state index contributed by atoms with van der Waals surface area (Å²) < 4.78 is 26.7. The second-order valence-electron chi connectivity index (χ2n) is 4.04. The third-order valence-corrected chi connectivity index (χ3v) is 2.82. The standard InChI is InChI=1S/C13H9ClF2N2O2/c14-9-1-2-13(16)8(3-9)7-17-11-4-10(15)5-12(6-11)18(19)20/h1-6,17H,7H2. The van der Waals surface area contributed by atoms with Gasteiger partial charge in [-0.3, -0.25) is 10.1 Å². The number of nitro groups is 1. The summed E-state index contributed by atoms with van der Waals surface area (Å²) in [5.41, 5.74) is 0.0968. The summed E-state index contributed by atoms with van der Waals surface area (Å²) >= 11 is 5.75. The molecule has 0 aliphatic rings. The van der Waals surface area contributed by atoms with E-state index in [0.717, 1.165) is 12.1 Å². The number of rotatable bonds is 4. The van der Waals surface area contributed by atoms with Gasteiger partial charge in [-0.25, -0.2) is 8.78 Å². The van der Waals surface area contributed by atoms with Crippen LogP contribution < -0.4 is 5.32 Å². The minimum atomic E-state index is -0.742. The van der Waals surface area contributed by atoms with Crippen LogP contribution in [0.15, 0.2) is 36.4 Å². The highest BCUT2D eigenvalue weighted by atomic mass is 35.5. The van der Waals surface area contributed by atoms with Crippen molar-refractivity contribution in [1.29, 1.82) is 0 Å². The predicted molar refractivity (Wildman–Crippen MR) is 71.8 cm³/mol. The molecule has 2 aromatic rings. The van der Waals surface area contributed by atoms with Gasteiger partial charge in [-0.2, -0.15) is 0 Å². The first-order chi connectivity index (χ1) is 9.45. The molecule has 0 fully saturated rings. The third kappa shape index (κ3) is 3.42. The number of benzene rings is 2. The van der Waals surface area contributed by atoms with Crippen molar-refractivity contribution in [3.8, 4) is 0 Å². The van der Waals surface area contributed by atoms with Crippen molar-refractivity contribution in [3.05, 3.63) is 68.7 Å². The molecule has 20 heavy (non-hydrogen) atoms. The first kappa shape index (κ1) is 14.2. The average molecular weight is 299 g/mol. The van der Waals surface area contributed by atoms with Crippen LogP contribution in [0.5, 0.6) is 0 Å². The zero-order chi connectivity index (χ0) is 14.7. The summed E-state index contributed by atoms with van der Waals surface area (Å²) in [4.78, 5) is 9.91. The second kappa shape index (κ2) is 5.83. The number of nitrogens with one attached hydrogen (secondary N) is 1. The van der Waals surface area contributed by atoms with Gasteiger partial charge in [0.2, 0.25) is 0 Å². The van der Waals surface area contributed by atoms with E-state index in [2.05, 4.69) is 5.32 Å². The van der Waals surface area contributed by atoms with Crippen LogP contribution in [0.25, 0.3) is 0 Å². The summed E-state index contributed by atoms with van der Waals surface area (Å²) in [6.07, 6.45) is 0. The monoisotopic (exact) mass is 298 g/mol. The molecule has 0 aliphatic heterocycles. The van der Waals surface area contributed by atoms with Crippen LogP contribution in [-0.2, 0) is 6.54 Å². The van der Waals surface area contributed by atoms with Gasteiger partial charge in [0.25, 0.3) is 5.69 Å². The summed E-state index contributed by atoms with van der Waals surface area (Å²) in [5, 5.41) is 13.7. The second-order valence-corrected chi connectivity index (χ2v) is 4.48. The van der Waals surface area contributed by atoms with Crippen molar-refractivity contribution < 1.29 is 13.7 Å². The lowest BCUT2D eigenvalue weighted by molar-refractivity contribution is -0.385. The average Bonchev–Trinajstić information content (AvgIpc) is 2.39. The zero-order valence-electron chi connectivity index (χ0n) is 10.1. The maximum Gasteiger partial charge on any atom is 0.274 e. The van der Waals surface area contributed by atoms with Crippen LogP contribution in [-0.4, -0.2) is 4.92 Å². The molecule has 0 unspecified atom stereocenters. The van der Waals surface area contributed by atoms with Crippen molar-refractivity contribution in [1.82, 2.24) is 0 Å². The number of nitrogens with zero attached hydrogens (tertiary/aromatic N) is 1. The quantitative estimate of drug-likeness (QED) is 0.682. The van der Waals surface area contributed by atoms with E-state index in [0.29, 0.717) is 5.02 Å². The molecule has 2 aromatic carbocycles. The highest BCUT2D eigenvalue weighted by Gasteiger charge is 2.10. The van der Waals surface area contributed by atoms with Crippen LogP contribution in [0.4, 0.5) is 20.2 Å².